The Morgan fingerprint density at radius 3 is 2.68 bits per heavy atom. The molecular formula is C14H13FN4. The Kier molecular flexibility index (Phi) is 2.55. The van der Waals surface area contributed by atoms with E-state index in [2.05, 4.69) is 15.0 Å². The Morgan fingerprint density at radius 1 is 1.16 bits per heavy atom. The van der Waals surface area contributed by atoms with Crippen LogP contribution in [-0.4, -0.2) is 15.0 Å². The number of para-hydroxylation sites is 1. The van der Waals surface area contributed by atoms with Crippen molar-refractivity contribution >= 4 is 27.8 Å². The van der Waals surface area contributed by atoms with E-state index in [1.807, 2.05) is 13.8 Å². The van der Waals surface area contributed by atoms with Crippen molar-refractivity contribution in [1.82, 2.24) is 15.0 Å². The quantitative estimate of drug-likeness (QED) is 0.680. The van der Waals surface area contributed by atoms with Gasteiger partial charge in [-0.2, -0.15) is 0 Å². The fraction of sp³-hybridized carbons (Fsp3) is 0.214. The van der Waals surface area contributed by atoms with Crippen LogP contribution in [0.4, 0.5) is 10.2 Å². The highest BCUT2D eigenvalue weighted by atomic mass is 19.1. The summed E-state index contributed by atoms with van der Waals surface area (Å²) >= 11 is 0. The molecule has 0 aliphatic rings. The largest absolute Gasteiger partial charge is 0.383 e. The van der Waals surface area contributed by atoms with Gasteiger partial charge in [0.2, 0.25) is 0 Å². The Balaban J connectivity index is 2.42. The molecule has 0 bridgehead atoms. The molecule has 19 heavy (non-hydrogen) atoms. The van der Waals surface area contributed by atoms with Crippen molar-refractivity contribution in [3.63, 3.8) is 0 Å². The molecule has 3 rings (SSSR count). The average molecular weight is 256 g/mol. The second-order valence-electron chi connectivity index (χ2n) is 4.79. The fourth-order valence-corrected chi connectivity index (χ4v) is 2.00. The summed E-state index contributed by atoms with van der Waals surface area (Å²) in [4.78, 5) is 12.9. The smallest absolute Gasteiger partial charge is 0.165 e. The van der Waals surface area contributed by atoms with E-state index in [0.29, 0.717) is 33.6 Å². The Labute approximate surface area is 109 Å². The average Bonchev–Trinajstić information content (AvgIpc) is 2.38. The third kappa shape index (κ3) is 1.87. The Bertz CT molecular complexity index is 783. The van der Waals surface area contributed by atoms with Crippen LogP contribution in [0, 0.1) is 5.82 Å². The van der Waals surface area contributed by atoms with E-state index in [9.17, 15) is 4.39 Å². The van der Waals surface area contributed by atoms with Gasteiger partial charge in [0.1, 0.15) is 23.0 Å². The molecule has 0 aliphatic carbocycles. The lowest BCUT2D eigenvalue weighted by atomic mass is 10.1. The lowest BCUT2D eigenvalue weighted by Crippen LogP contribution is -2.04. The first kappa shape index (κ1) is 11.8. The maximum absolute atomic E-state index is 13.7. The molecule has 0 fully saturated rings. The van der Waals surface area contributed by atoms with Gasteiger partial charge in [-0.15, -0.1) is 0 Å². The monoisotopic (exact) mass is 256 g/mol. The second-order valence-corrected chi connectivity index (χ2v) is 4.79. The Hall–Kier alpha value is -2.30. The van der Waals surface area contributed by atoms with Crippen molar-refractivity contribution in [3.8, 4) is 0 Å². The van der Waals surface area contributed by atoms with E-state index in [0.717, 1.165) is 0 Å². The number of aromatic nitrogens is 3. The number of nitrogen functional groups attached to an aromatic ring is 1. The zero-order valence-corrected chi connectivity index (χ0v) is 10.7. The highest BCUT2D eigenvalue weighted by Gasteiger charge is 2.11. The summed E-state index contributed by atoms with van der Waals surface area (Å²) in [6, 6.07) is 6.60. The molecule has 3 aromatic rings. The lowest BCUT2D eigenvalue weighted by molar-refractivity contribution is 0.637. The van der Waals surface area contributed by atoms with Crippen molar-refractivity contribution in [2.75, 3.05) is 5.73 Å². The maximum Gasteiger partial charge on any atom is 0.165 e. The number of hydrogen-bond acceptors (Lipinski definition) is 4. The van der Waals surface area contributed by atoms with E-state index in [1.54, 1.807) is 18.2 Å². The van der Waals surface area contributed by atoms with Gasteiger partial charge in [-0.05, 0) is 12.1 Å². The number of benzene rings is 1. The highest BCUT2D eigenvalue weighted by Crippen LogP contribution is 2.25. The molecule has 0 atom stereocenters. The third-order valence-corrected chi connectivity index (χ3v) is 3.02. The summed E-state index contributed by atoms with van der Waals surface area (Å²) in [5, 5.41) is 1.35. The van der Waals surface area contributed by atoms with Gasteiger partial charge in [0.25, 0.3) is 0 Å². The maximum atomic E-state index is 13.7. The zero-order chi connectivity index (χ0) is 13.6. The van der Waals surface area contributed by atoms with Crippen molar-refractivity contribution in [1.29, 1.82) is 0 Å². The number of nitrogens with two attached hydrogens (primary N) is 1. The molecule has 2 N–H and O–H groups in total. The molecule has 0 spiro atoms. The summed E-state index contributed by atoms with van der Waals surface area (Å²) in [5.74, 6) is 0.785. The first-order chi connectivity index (χ1) is 9.06. The molecule has 0 saturated carbocycles. The van der Waals surface area contributed by atoms with Crippen molar-refractivity contribution in [2.24, 2.45) is 0 Å². The van der Waals surface area contributed by atoms with Crippen LogP contribution in [0.1, 0.15) is 25.6 Å². The van der Waals surface area contributed by atoms with Gasteiger partial charge in [-0.25, -0.2) is 19.3 Å². The second kappa shape index (κ2) is 4.12. The van der Waals surface area contributed by atoms with E-state index in [4.69, 9.17) is 5.73 Å². The highest BCUT2D eigenvalue weighted by molar-refractivity contribution is 5.95. The molecule has 1 aromatic carbocycles. The van der Waals surface area contributed by atoms with Crippen LogP contribution in [0.15, 0.2) is 24.3 Å². The van der Waals surface area contributed by atoms with Crippen LogP contribution < -0.4 is 5.73 Å². The molecule has 0 amide bonds. The number of hydrogen-bond donors (Lipinski definition) is 1. The molecular weight excluding hydrogens is 243 g/mol. The van der Waals surface area contributed by atoms with Crippen molar-refractivity contribution in [3.05, 3.63) is 35.9 Å². The topological polar surface area (TPSA) is 64.7 Å². The van der Waals surface area contributed by atoms with E-state index in [1.165, 1.54) is 6.07 Å². The van der Waals surface area contributed by atoms with Crippen LogP contribution >= 0.6 is 0 Å². The number of nitrogens with zero attached hydrogens (tertiary/aromatic N) is 3. The Morgan fingerprint density at radius 2 is 1.95 bits per heavy atom. The van der Waals surface area contributed by atoms with Crippen molar-refractivity contribution < 1.29 is 4.39 Å². The summed E-state index contributed by atoms with van der Waals surface area (Å²) in [6.45, 7) is 3.95. The molecule has 0 radical (unpaired) electrons. The van der Waals surface area contributed by atoms with Crippen LogP contribution in [0.3, 0.4) is 0 Å². The summed E-state index contributed by atoms with van der Waals surface area (Å²) in [7, 11) is 0. The molecule has 0 unspecified atom stereocenters. The summed E-state index contributed by atoms with van der Waals surface area (Å²) in [5.41, 5.74) is 6.69. The number of fused-ring (bicyclic) bond motifs is 2. The predicted molar refractivity (Wildman–Crippen MR) is 73.3 cm³/mol. The minimum atomic E-state index is -0.359. The molecule has 2 heterocycles. The van der Waals surface area contributed by atoms with Gasteiger partial charge in [-0.3, -0.25) is 0 Å². The van der Waals surface area contributed by atoms with Crippen LogP contribution in [0.5, 0.6) is 0 Å². The zero-order valence-electron chi connectivity index (χ0n) is 10.7. The summed E-state index contributed by atoms with van der Waals surface area (Å²) in [6.07, 6.45) is 0. The first-order valence-electron chi connectivity index (χ1n) is 6.08. The minimum Gasteiger partial charge on any atom is -0.383 e. The number of rotatable bonds is 1. The molecule has 5 heteroatoms. The number of anilines is 1. The molecule has 2 aromatic heterocycles. The van der Waals surface area contributed by atoms with Crippen LogP contribution in [0.2, 0.25) is 0 Å². The minimum absolute atomic E-state index is 0.143. The molecule has 0 aliphatic heterocycles. The van der Waals surface area contributed by atoms with Crippen LogP contribution in [0.25, 0.3) is 21.9 Å². The van der Waals surface area contributed by atoms with Crippen LogP contribution in [-0.2, 0) is 0 Å². The lowest BCUT2D eigenvalue weighted by Gasteiger charge is -2.08. The third-order valence-electron chi connectivity index (χ3n) is 3.02. The number of halogens is 1. The summed E-state index contributed by atoms with van der Waals surface area (Å²) < 4.78 is 13.7. The van der Waals surface area contributed by atoms with Gasteiger partial charge in [0.05, 0.1) is 5.39 Å². The van der Waals surface area contributed by atoms with Crippen molar-refractivity contribution in [2.45, 2.75) is 19.8 Å². The first-order valence-corrected chi connectivity index (χ1v) is 6.08. The van der Waals surface area contributed by atoms with E-state index in [-0.39, 0.29) is 11.7 Å². The predicted octanol–water partition coefficient (Wildman–Crippen LogP) is 3.02. The van der Waals surface area contributed by atoms with Gasteiger partial charge in [0.15, 0.2) is 5.65 Å². The van der Waals surface area contributed by atoms with Gasteiger partial charge in [0, 0.05) is 11.3 Å². The number of pyridine rings is 1. The fourth-order valence-electron chi connectivity index (χ4n) is 2.00. The van der Waals surface area contributed by atoms with Gasteiger partial charge >= 0.3 is 0 Å². The molecule has 4 nitrogen and oxygen atoms in total. The molecule has 96 valence electrons. The normalized spacial score (nSPS) is 11.6. The SMILES string of the molecule is CC(C)c1nc(N)c2cc3cccc(F)c3nc2n1. The molecule has 0 saturated heterocycles. The van der Waals surface area contributed by atoms with Gasteiger partial charge in [-0.1, -0.05) is 26.0 Å². The van der Waals surface area contributed by atoms with E-state index < -0.39 is 0 Å². The van der Waals surface area contributed by atoms with Gasteiger partial charge < -0.3 is 5.73 Å². The van der Waals surface area contributed by atoms with E-state index >= 15 is 0 Å². The standard InChI is InChI=1S/C14H13FN4/c1-7(2)13-18-12(16)9-6-8-4-3-5-10(15)11(8)17-14(9)19-13/h3-7H,1-2H3,(H2,16,17,18,19).